The van der Waals surface area contributed by atoms with Crippen LogP contribution in [0.2, 0.25) is 0 Å². The van der Waals surface area contributed by atoms with Crippen molar-refractivity contribution in [1.29, 1.82) is 0 Å². The fourth-order valence-corrected chi connectivity index (χ4v) is 2.25. The number of aliphatic hydroxyl groups excluding tert-OH is 1. The molecule has 4 heteroatoms. The number of halogens is 1. The van der Waals surface area contributed by atoms with Gasteiger partial charge >= 0.3 is 0 Å². The van der Waals surface area contributed by atoms with E-state index < -0.39 is 0 Å². The molecule has 84 valence electrons. The van der Waals surface area contributed by atoms with Crippen molar-refractivity contribution in [2.75, 3.05) is 14.2 Å². The van der Waals surface area contributed by atoms with Crippen LogP contribution in [0.4, 0.5) is 0 Å². The molecule has 0 atom stereocenters. The topological polar surface area (TPSA) is 38.7 Å². The quantitative estimate of drug-likeness (QED) is 0.917. The molecule has 0 spiro atoms. The van der Waals surface area contributed by atoms with Crippen LogP contribution in [0.5, 0.6) is 11.5 Å². The second-order valence-corrected chi connectivity index (χ2v) is 3.93. The fourth-order valence-electron chi connectivity index (χ4n) is 1.63. The zero-order chi connectivity index (χ0) is 11.4. The summed E-state index contributed by atoms with van der Waals surface area (Å²) in [5.41, 5.74) is 1.85. The van der Waals surface area contributed by atoms with Crippen molar-refractivity contribution in [1.82, 2.24) is 0 Å². The second-order valence-electron chi connectivity index (χ2n) is 3.07. The van der Waals surface area contributed by atoms with Crippen molar-refractivity contribution in [3.8, 4) is 11.5 Å². The van der Waals surface area contributed by atoms with E-state index in [2.05, 4.69) is 15.9 Å². The first-order valence-electron chi connectivity index (χ1n) is 4.72. The highest BCUT2D eigenvalue weighted by molar-refractivity contribution is 9.10. The molecule has 0 unspecified atom stereocenters. The summed E-state index contributed by atoms with van der Waals surface area (Å²) in [4.78, 5) is 0. The SMILES string of the molecule is CCc1c(CO)cc(Br)c(OC)c1OC. The Morgan fingerprint density at radius 2 is 1.87 bits per heavy atom. The van der Waals surface area contributed by atoms with E-state index >= 15 is 0 Å². The molecule has 0 amide bonds. The lowest BCUT2D eigenvalue weighted by atomic mass is 10.0. The molecule has 0 aliphatic rings. The van der Waals surface area contributed by atoms with Gasteiger partial charge in [0.15, 0.2) is 11.5 Å². The first-order valence-corrected chi connectivity index (χ1v) is 5.51. The molecular formula is C11H15BrO3. The van der Waals surface area contributed by atoms with Gasteiger partial charge in [-0.05, 0) is 34.0 Å². The van der Waals surface area contributed by atoms with Gasteiger partial charge in [-0.1, -0.05) is 6.92 Å². The molecule has 0 saturated heterocycles. The average Bonchev–Trinajstić information content (AvgIpc) is 2.27. The molecule has 1 N–H and O–H groups in total. The van der Waals surface area contributed by atoms with E-state index in [9.17, 15) is 5.11 Å². The molecule has 3 nitrogen and oxygen atoms in total. The van der Waals surface area contributed by atoms with Gasteiger partial charge in [0, 0.05) is 5.56 Å². The zero-order valence-electron chi connectivity index (χ0n) is 9.13. The molecule has 1 aromatic carbocycles. The third-order valence-electron chi connectivity index (χ3n) is 2.32. The molecular weight excluding hydrogens is 260 g/mol. The van der Waals surface area contributed by atoms with Gasteiger partial charge in [-0.15, -0.1) is 0 Å². The Hall–Kier alpha value is -0.740. The zero-order valence-corrected chi connectivity index (χ0v) is 10.7. The fraction of sp³-hybridized carbons (Fsp3) is 0.455. The maximum Gasteiger partial charge on any atom is 0.175 e. The highest BCUT2D eigenvalue weighted by Crippen LogP contribution is 2.40. The Kier molecular flexibility index (Phi) is 4.42. The summed E-state index contributed by atoms with van der Waals surface area (Å²) < 4.78 is 11.4. The first-order chi connectivity index (χ1) is 7.19. The van der Waals surface area contributed by atoms with Crippen molar-refractivity contribution < 1.29 is 14.6 Å². The summed E-state index contributed by atoms with van der Waals surface area (Å²) in [6, 6.07) is 1.86. The second kappa shape index (κ2) is 5.37. The summed E-state index contributed by atoms with van der Waals surface area (Å²) in [5.74, 6) is 1.37. The number of rotatable bonds is 4. The van der Waals surface area contributed by atoms with Crippen LogP contribution < -0.4 is 9.47 Å². The van der Waals surface area contributed by atoms with Crippen LogP contribution in [0, 0.1) is 0 Å². The summed E-state index contributed by atoms with van der Waals surface area (Å²) in [6.45, 7) is 2.02. The minimum atomic E-state index is 0.00211. The summed E-state index contributed by atoms with van der Waals surface area (Å²) >= 11 is 3.39. The maximum absolute atomic E-state index is 9.24. The third-order valence-corrected chi connectivity index (χ3v) is 2.91. The van der Waals surface area contributed by atoms with Gasteiger partial charge in [-0.25, -0.2) is 0 Å². The van der Waals surface area contributed by atoms with E-state index in [1.807, 2.05) is 13.0 Å². The van der Waals surface area contributed by atoms with Crippen molar-refractivity contribution in [3.05, 3.63) is 21.7 Å². The number of ether oxygens (including phenoxy) is 2. The third kappa shape index (κ3) is 2.26. The summed E-state index contributed by atoms with van der Waals surface area (Å²) in [7, 11) is 3.20. The van der Waals surface area contributed by atoms with Crippen LogP contribution >= 0.6 is 15.9 Å². The summed E-state index contributed by atoms with van der Waals surface area (Å²) in [5, 5.41) is 9.24. The summed E-state index contributed by atoms with van der Waals surface area (Å²) in [6.07, 6.45) is 0.794. The Balaban J connectivity index is 3.44. The highest BCUT2D eigenvalue weighted by Gasteiger charge is 2.16. The molecule has 15 heavy (non-hydrogen) atoms. The van der Waals surface area contributed by atoms with Crippen LogP contribution in [0.3, 0.4) is 0 Å². The maximum atomic E-state index is 9.24. The molecule has 0 heterocycles. The monoisotopic (exact) mass is 274 g/mol. The van der Waals surface area contributed by atoms with E-state index in [-0.39, 0.29) is 6.61 Å². The standard InChI is InChI=1S/C11H15BrO3/c1-4-8-7(6-13)5-9(12)11(15-3)10(8)14-2/h5,13H,4,6H2,1-3H3. The number of aliphatic hydroxyl groups is 1. The minimum absolute atomic E-state index is 0.00211. The Morgan fingerprint density at radius 1 is 1.27 bits per heavy atom. The molecule has 0 radical (unpaired) electrons. The lowest BCUT2D eigenvalue weighted by Gasteiger charge is -2.16. The van der Waals surface area contributed by atoms with E-state index in [1.54, 1.807) is 14.2 Å². The van der Waals surface area contributed by atoms with Crippen LogP contribution in [0.15, 0.2) is 10.5 Å². The van der Waals surface area contributed by atoms with Crippen molar-refractivity contribution in [2.45, 2.75) is 20.0 Å². The van der Waals surface area contributed by atoms with Crippen molar-refractivity contribution in [3.63, 3.8) is 0 Å². The van der Waals surface area contributed by atoms with Crippen LogP contribution in [0.1, 0.15) is 18.1 Å². The van der Waals surface area contributed by atoms with Gasteiger partial charge in [0.25, 0.3) is 0 Å². The molecule has 0 bridgehead atoms. The molecule has 0 saturated carbocycles. The average molecular weight is 275 g/mol. The first kappa shape index (κ1) is 12.3. The highest BCUT2D eigenvalue weighted by atomic mass is 79.9. The van der Waals surface area contributed by atoms with E-state index in [0.717, 1.165) is 22.0 Å². The van der Waals surface area contributed by atoms with E-state index in [0.29, 0.717) is 11.5 Å². The molecule has 0 aliphatic heterocycles. The Labute approximate surface area is 98.1 Å². The van der Waals surface area contributed by atoms with Crippen molar-refractivity contribution in [2.24, 2.45) is 0 Å². The number of benzene rings is 1. The minimum Gasteiger partial charge on any atom is -0.493 e. The molecule has 1 rings (SSSR count). The van der Waals surface area contributed by atoms with Crippen LogP contribution in [-0.2, 0) is 13.0 Å². The lowest BCUT2D eigenvalue weighted by Crippen LogP contribution is -2.01. The lowest BCUT2D eigenvalue weighted by molar-refractivity contribution is 0.278. The Morgan fingerprint density at radius 3 is 2.27 bits per heavy atom. The van der Waals surface area contributed by atoms with E-state index in [1.165, 1.54) is 0 Å². The van der Waals surface area contributed by atoms with Gasteiger partial charge in [-0.2, -0.15) is 0 Å². The van der Waals surface area contributed by atoms with Crippen LogP contribution in [-0.4, -0.2) is 19.3 Å². The number of methoxy groups -OCH3 is 2. The number of hydrogen-bond acceptors (Lipinski definition) is 3. The predicted molar refractivity (Wildman–Crippen MR) is 62.5 cm³/mol. The van der Waals surface area contributed by atoms with Gasteiger partial charge in [0.05, 0.1) is 25.3 Å². The van der Waals surface area contributed by atoms with Crippen LogP contribution in [0.25, 0.3) is 0 Å². The van der Waals surface area contributed by atoms with Gasteiger partial charge < -0.3 is 14.6 Å². The van der Waals surface area contributed by atoms with Crippen molar-refractivity contribution >= 4 is 15.9 Å². The molecule has 0 aromatic heterocycles. The van der Waals surface area contributed by atoms with Gasteiger partial charge in [0.1, 0.15) is 0 Å². The Bertz CT molecular complexity index is 350. The number of hydrogen-bond donors (Lipinski definition) is 1. The predicted octanol–water partition coefficient (Wildman–Crippen LogP) is 2.52. The normalized spacial score (nSPS) is 10.2. The molecule has 0 aliphatic carbocycles. The largest absolute Gasteiger partial charge is 0.493 e. The molecule has 0 fully saturated rings. The molecule has 1 aromatic rings. The smallest absolute Gasteiger partial charge is 0.175 e. The van der Waals surface area contributed by atoms with E-state index in [4.69, 9.17) is 9.47 Å². The van der Waals surface area contributed by atoms with Gasteiger partial charge in [0.2, 0.25) is 0 Å². The van der Waals surface area contributed by atoms with Gasteiger partial charge in [-0.3, -0.25) is 0 Å².